The topological polar surface area (TPSA) is 37.8 Å². The first kappa shape index (κ1) is 11.9. The molecular formula is C14H9ClFN3. The van der Waals surface area contributed by atoms with Crippen LogP contribution >= 0.6 is 11.6 Å². The van der Waals surface area contributed by atoms with Gasteiger partial charge in [0, 0.05) is 11.6 Å². The Bertz CT molecular complexity index is 746. The summed E-state index contributed by atoms with van der Waals surface area (Å²) in [5.74, 6) is -0.373. The Labute approximate surface area is 114 Å². The normalized spacial score (nSPS) is 10.6. The van der Waals surface area contributed by atoms with Crippen molar-refractivity contribution in [3.63, 3.8) is 0 Å². The Balaban J connectivity index is 1.96. The van der Waals surface area contributed by atoms with Crippen molar-refractivity contribution in [1.29, 1.82) is 0 Å². The molecule has 0 unspecified atom stereocenters. The minimum atomic E-state index is -0.499. The third-order valence-electron chi connectivity index (χ3n) is 2.66. The molecule has 0 radical (unpaired) electrons. The monoisotopic (exact) mass is 273 g/mol. The number of nitrogens with zero attached hydrogens (tertiary/aromatic N) is 2. The van der Waals surface area contributed by atoms with E-state index in [1.807, 2.05) is 30.3 Å². The summed E-state index contributed by atoms with van der Waals surface area (Å²) in [7, 11) is 0. The van der Waals surface area contributed by atoms with Gasteiger partial charge < -0.3 is 5.32 Å². The predicted octanol–water partition coefficient (Wildman–Crippen LogP) is 4.17. The largest absolute Gasteiger partial charge is 0.337 e. The first-order chi connectivity index (χ1) is 9.22. The van der Waals surface area contributed by atoms with Gasteiger partial charge in [0.15, 0.2) is 11.6 Å². The van der Waals surface area contributed by atoms with Crippen LogP contribution in [0.1, 0.15) is 0 Å². The van der Waals surface area contributed by atoms with E-state index in [2.05, 4.69) is 15.3 Å². The van der Waals surface area contributed by atoms with E-state index in [-0.39, 0.29) is 10.8 Å². The smallest absolute Gasteiger partial charge is 0.167 e. The number of hydrogen-bond donors (Lipinski definition) is 1. The second kappa shape index (κ2) is 4.82. The fourth-order valence-electron chi connectivity index (χ4n) is 1.78. The summed E-state index contributed by atoms with van der Waals surface area (Å²) in [6.45, 7) is 0. The number of para-hydroxylation sites is 1. The highest BCUT2D eigenvalue weighted by atomic mass is 35.5. The lowest BCUT2D eigenvalue weighted by atomic mass is 10.2. The van der Waals surface area contributed by atoms with Crippen LogP contribution in [0.4, 0.5) is 15.9 Å². The van der Waals surface area contributed by atoms with Crippen LogP contribution in [-0.4, -0.2) is 9.97 Å². The SMILES string of the molecule is Fc1cc(Cl)cnc1Nc1cnc2ccccc2c1. The van der Waals surface area contributed by atoms with E-state index >= 15 is 0 Å². The van der Waals surface area contributed by atoms with Crippen molar-refractivity contribution >= 4 is 34.0 Å². The lowest BCUT2D eigenvalue weighted by Crippen LogP contribution is -1.97. The fourth-order valence-corrected chi connectivity index (χ4v) is 1.93. The number of nitrogens with one attached hydrogen (secondary N) is 1. The fraction of sp³-hybridized carbons (Fsp3) is 0. The molecule has 19 heavy (non-hydrogen) atoms. The molecule has 94 valence electrons. The second-order valence-electron chi connectivity index (χ2n) is 4.03. The number of benzene rings is 1. The van der Waals surface area contributed by atoms with Crippen molar-refractivity contribution in [1.82, 2.24) is 9.97 Å². The van der Waals surface area contributed by atoms with E-state index in [1.54, 1.807) is 6.20 Å². The lowest BCUT2D eigenvalue weighted by molar-refractivity contribution is 0.626. The summed E-state index contributed by atoms with van der Waals surface area (Å²) in [6, 6.07) is 10.8. The van der Waals surface area contributed by atoms with Gasteiger partial charge in [-0.25, -0.2) is 9.37 Å². The number of aromatic nitrogens is 2. The Morgan fingerprint density at radius 3 is 2.74 bits per heavy atom. The third kappa shape index (κ3) is 2.48. The average molecular weight is 274 g/mol. The van der Waals surface area contributed by atoms with Gasteiger partial charge in [0.1, 0.15) is 0 Å². The van der Waals surface area contributed by atoms with Crippen molar-refractivity contribution in [2.24, 2.45) is 0 Å². The molecule has 0 amide bonds. The van der Waals surface area contributed by atoms with Crippen molar-refractivity contribution in [2.45, 2.75) is 0 Å². The Kier molecular flexibility index (Phi) is 3.01. The molecule has 2 aromatic heterocycles. The Hall–Kier alpha value is -2.20. The average Bonchev–Trinajstić information content (AvgIpc) is 2.42. The molecule has 3 nitrogen and oxygen atoms in total. The molecule has 0 saturated heterocycles. The number of pyridine rings is 2. The molecular weight excluding hydrogens is 265 g/mol. The van der Waals surface area contributed by atoms with Gasteiger partial charge in [-0.05, 0) is 18.2 Å². The van der Waals surface area contributed by atoms with E-state index in [0.717, 1.165) is 10.9 Å². The molecule has 0 atom stereocenters. The minimum Gasteiger partial charge on any atom is -0.337 e. The first-order valence-corrected chi connectivity index (χ1v) is 6.03. The van der Waals surface area contributed by atoms with Crippen molar-refractivity contribution in [3.05, 3.63) is 59.6 Å². The number of fused-ring (bicyclic) bond motifs is 1. The van der Waals surface area contributed by atoms with Gasteiger partial charge in [-0.1, -0.05) is 29.8 Å². The van der Waals surface area contributed by atoms with Crippen molar-refractivity contribution in [3.8, 4) is 0 Å². The standard InChI is InChI=1S/C14H9ClFN3/c15-10-6-12(16)14(18-7-10)19-11-5-9-3-1-2-4-13(9)17-8-11/h1-8H,(H,18,19). The molecule has 1 N–H and O–H groups in total. The number of rotatable bonds is 2. The summed E-state index contributed by atoms with van der Waals surface area (Å²) < 4.78 is 13.6. The van der Waals surface area contributed by atoms with Gasteiger partial charge in [0.25, 0.3) is 0 Å². The molecule has 0 spiro atoms. The second-order valence-corrected chi connectivity index (χ2v) is 4.46. The summed E-state index contributed by atoms with van der Waals surface area (Å²) in [5.41, 5.74) is 1.56. The first-order valence-electron chi connectivity index (χ1n) is 5.65. The van der Waals surface area contributed by atoms with Crippen LogP contribution in [0.25, 0.3) is 10.9 Å². The van der Waals surface area contributed by atoms with Crippen LogP contribution in [0.3, 0.4) is 0 Å². The van der Waals surface area contributed by atoms with E-state index < -0.39 is 5.82 Å². The van der Waals surface area contributed by atoms with E-state index in [0.29, 0.717) is 5.69 Å². The highest BCUT2D eigenvalue weighted by Crippen LogP contribution is 2.22. The summed E-state index contributed by atoms with van der Waals surface area (Å²) in [4.78, 5) is 8.19. The van der Waals surface area contributed by atoms with Crippen LogP contribution in [0.2, 0.25) is 5.02 Å². The van der Waals surface area contributed by atoms with Crippen LogP contribution in [0.15, 0.2) is 48.8 Å². The van der Waals surface area contributed by atoms with Crippen molar-refractivity contribution in [2.75, 3.05) is 5.32 Å². The van der Waals surface area contributed by atoms with Crippen molar-refractivity contribution < 1.29 is 4.39 Å². The van der Waals surface area contributed by atoms with Crippen LogP contribution in [0, 0.1) is 5.82 Å². The molecule has 3 aromatic rings. The zero-order chi connectivity index (χ0) is 13.2. The molecule has 0 aliphatic heterocycles. The molecule has 0 fully saturated rings. The van der Waals surface area contributed by atoms with Gasteiger partial charge in [-0.2, -0.15) is 0 Å². The number of anilines is 2. The van der Waals surface area contributed by atoms with Gasteiger partial charge in [-0.15, -0.1) is 0 Å². The maximum absolute atomic E-state index is 13.6. The molecule has 0 saturated carbocycles. The molecule has 0 bridgehead atoms. The van der Waals surface area contributed by atoms with Gasteiger partial charge in [0.05, 0.1) is 22.4 Å². The number of halogens is 2. The zero-order valence-corrected chi connectivity index (χ0v) is 10.5. The lowest BCUT2D eigenvalue weighted by Gasteiger charge is -2.07. The van der Waals surface area contributed by atoms with Crippen LogP contribution < -0.4 is 5.32 Å². The van der Waals surface area contributed by atoms with Gasteiger partial charge in [0.2, 0.25) is 0 Å². The summed E-state index contributed by atoms with van der Waals surface area (Å²) >= 11 is 5.66. The maximum Gasteiger partial charge on any atom is 0.167 e. The third-order valence-corrected chi connectivity index (χ3v) is 2.87. The summed E-state index contributed by atoms with van der Waals surface area (Å²) in [6.07, 6.45) is 3.03. The minimum absolute atomic E-state index is 0.126. The van der Waals surface area contributed by atoms with Gasteiger partial charge in [-0.3, -0.25) is 4.98 Å². The maximum atomic E-state index is 13.6. The predicted molar refractivity (Wildman–Crippen MR) is 74.2 cm³/mol. The Morgan fingerprint density at radius 1 is 1.05 bits per heavy atom. The van der Waals surface area contributed by atoms with Crippen LogP contribution in [0.5, 0.6) is 0 Å². The summed E-state index contributed by atoms with van der Waals surface area (Å²) in [5, 5.41) is 4.12. The van der Waals surface area contributed by atoms with Crippen LogP contribution in [-0.2, 0) is 0 Å². The highest BCUT2D eigenvalue weighted by Gasteiger charge is 2.05. The molecule has 0 aliphatic carbocycles. The Morgan fingerprint density at radius 2 is 1.89 bits per heavy atom. The van der Waals surface area contributed by atoms with E-state index in [9.17, 15) is 4.39 Å². The van der Waals surface area contributed by atoms with Gasteiger partial charge >= 0.3 is 0 Å². The zero-order valence-electron chi connectivity index (χ0n) is 9.77. The highest BCUT2D eigenvalue weighted by molar-refractivity contribution is 6.30. The molecule has 5 heteroatoms. The number of hydrogen-bond acceptors (Lipinski definition) is 3. The molecule has 0 aliphatic rings. The van der Waals surface area contributed by atoms with E-state index in [1.165, 1.54) is 12.3 Å². The van der Waals surface area contributed by atoms with E-state index in [4.69, 9.17) is 11.6 Å². The molecule has 1 aromatic carbocycles. The molecule has 3 rings (SSSR count). The quantitative estimate of drug-likeness (QED) is 0.762. The molecule has 2 heterocycles.